The van der Waals surface area contributed by atoms with Gasteiger partial charge in [-0.3, -0.25) is 4.79 Å². The SMILES string of the molecule is CCc1cc2c(=O)[nH]ccc2cc1B1OC(C)(C)C(C)(C)O1. The summed E-state index contributed by atoms with van der Waals surface area (Å²) in [5.74, 6) is 0. The Hall–Kier alpha value is -1.59. The second-order valence-corrected chi connectivity index (χ2v) is 6.89. The fraction of sp³-hybridized carbons (Fsp3) is 0.471. The van der Waals surface area contributed by atoms with E-state index in [0.717, 1.165) is 22.8 Å². The first kappa shape index (κ1) is 15.3. The first-order valence-corrected chi connectivity index (χ1v) is 7.75. The second-order valence-electron chi connectivity index (χ2n) is 6.89. The summed E-state index contributed by atoms with van der Waals surface area (Å²) in [6, 6.07) is 5.88. The van der Waals surface area contributed by atoms with Gasteiger partial charge in [0.25, 0.3) is 5.56 Å². The van der Waals surface area contributed by atoms with E-state index in [1.807, 2.05) is 45.9 Å². The number of hydrogen-bond donors (Lipinski definition) is 1. The van der Waals surface area contributed by atoms with E-state index in [2.05, 4.69) is 11.9 Å². The van der Waals surface area contributed by atoms with E-state index in [1.165, 1.54) is 0 Å². The minimum atomic E-state index is -0.399. The molecule has 1 aromatic heterocycles. The maximum absolute atomic E-state index is 12.0. The van der Waals surface area contributed by atoms with E-state index in [-0.39, 0.29) is 16.8 Å². The van der Waals surface area contributed by atoms with Gasteiger partial charge in [-0.05, 0) is 62.7 Å². The van der Waals surface area contributed by atoms with Crippen LogP contribution in [0.15, 0.2) is 29.2 Å². The molecule has 1 aliphatic rings. The van der Waals surface area contributed by atoms with Crippen molar-refractivity contribution < 1.29 is 9.31 Å². The van der Waals surface area contributed by atoms with Gasteiger partial charge in [0.2, 0.25) is 0 Å². The van der Waals surface area contributed by atoms with Crippen LogP contribution in [0, 0.1) is 0 Å². The predicted octanol–water partition coefficient (Wildman–Crippen LogP) is 2.39. The molecule has 1 fully saturated rings. The van der Waals surface area contributed by atoms with Crippen LogP contribution in [0.2, 0.25) is 0 Å². The van der Waals surface area contributed by atoms with Crippen molar-refractivity contribution >= 4 is 23.4 Å². The lowest BCUT2D eigenvalue weighted by molar-refractivity contribution is 0.00578. The van der Waals surface area contributed by atoms with Crippen LogP contribution in [0.4, 0.5) is 0 Å². The molecule has 1 aromatic carbocycles. The molecule has 116 valence electrons. The van der Waals surface area contributed by atoms with Crippen LogP contribution in [-0.2, 0) is 15.7 Å². The normalized spacial score (nSPS) is 19.8. The molecular weight excluding hydrogens is 277 g/mol. The summed E-state index contributed by atoms with van der Waals surface area (Å²) in [4.78, 5) is 14.7. The molecule has 4 nitrogen and oxygen atoms in total. The number of nitrogens with one attached hydrogen (secondary N) is 1. The van der Waals surface area contributed by atoms with E-state index >= 15 is 0 Å². The molecule has 0 amide bonds. The largest absolute Gasteiger partial charge is 0.495 e. The lowest BCUT2D eigenvalue weighted by Gasteiger charge is -2.32. The van der Waals surface area contributed by atoms with E-state index in [9.17, 15) is 4.79 Å². The zero-order valence-corrected chi connectivity index (χ0v) is 13.8. The van der Waals surface area contributed by atoms with Gasteiger partial charge in [-0.1, -0.05) is 13.0 Å². The highest BCUT2D eigenvalue weighted by Gasteiger charge is 2.52. The van der Waals surface area contributed by atoms with Crippen molar-refractivity contribution in [3.63, 3.8) is 0 Å². The third-order valence-corrected chi connectivity index (χ3v) is 4.92. The number of hydrogen-bond acceptors (Lipinski definition) is 3. The Morgan fingerprint density at radius 1 is 1.14 bits per heavy atom. The third-order valence-electron chi connectivity index (χ3n) is 4.92. The first-order valence-electron chi connectivity index (χ1n) is 7.75. The number of aryl methyl sites for hydroxylation is 1. The van der Waals surface area contributed by atoms with E-state index in [0.29, 0.717) is 5.39 Å². The Morgan fingerprint density at radius 3 is 2.36 bits per heavy atom. The molecule has 2 heterocycles. The average Bonchev–Trinajstić information content (AvgIpc) is 2.66. The van der Waals surface area contributed by atoms with E-state index < -0.39 is 7.12 Å². The summed E-state index contributed by atoms with van der Waals surface area (Å²) in [7, 11) is -0.399. The van der Waals surface area contributed by atoms with Crippen molar-refractivity contribution in [1.82, 2.24) is 4.98 Å². The van der Waals surface area contributed by atoms with Crippen molar-refractivity contribution in [3.05, 3.63) is 40.3 Å². The van der Waals surface area contributed by atoms with Gasteiger partial charge in [0, 0.05) is 11.6 Å². The van der Waals surface area contributed by atoms with Gasteiger partial charge in [-0.2, -0.15) is 0 Å². The number of aromatic nitrogens is 1. The lowest BCUT2D eigenvalue weighted by Crippen LogP contribution is -2.41. The Balaban J connectivity index is 2.14. The molecule has 1 N–H and O–H groups in total. The average molecular weight is 299 g/mol. The van der Waals surface area contributed by atoms with Crippen molar-refractivity contribution in [2.24, 2.45) is 0 Å². The Labute approximate surface area is 131 Å². The zero-order chi connectivity index (χ0) is 16.1. The van der Waals surface area contributed by atoms with Crippen molar-refractivity contribution in [2.75, 3.05) is 0 Å². The lowest BCUT2D eigenvalue weighted by atomic mass is 9.74. The van der Waals surface area contributed by atoms with E-state index in [1.54, 1.807) is 6.20 Å². The van der Waals surface area contributed by atoms with Crippen LogP contribution >= 0.6 is 0 Å². The number of benzene rings is 1. The molecule has 3 rings (SSSR count). The van der Waals surface area contributed by atoms with Gasteiger partial charge in [-0.15, -0.1) is 0 Å². The zero-order valence-electron chi connectivity index (χ0n) is 13.8. The van der Waals surface area contributed by atoms with Crippen LogP contribution in [0.5, 0.6) is 0 Å². The van der Waals surface area contributed by atoms with Crippen molar-refractivity contribution in [3.8, 4) is 0 Å². The highest BCUT2D eigenvalue weighted by Crippen LogP contribution is 2.36. The van der Waals surface area contributed by atoms with Crippen LogP contribution in [0.1, 0.15) is 40.2 Å². The molecule has 1 saturated heterocycles. The topological polar surface area (TPSA) is 51.3 Å². The minimum absolute atomic E-state index is 0.0623. The molecule has 22 heavy (non-hydrogen) atoms. The summed E-state index contributed by atoms with van der Waals surface area (Å²) in [5, 5.41) is 1.62. The van der Waals surface area contributed by atoms with Crippen molar-refractivity contribution in [1.29, 1.82) is 0 Å². The summed E-state index contributed by atoms with van der Waals surface area (Å²) in [5.41, 5.74) is 1.30. The van der Waals surface area contributed by atoms with Gasteiger partial charge in [-0.25, -0.2) is 0 Å². The molecule has 0 spiro atoms. The van der Waals surface area contributed by atoms with Gasteiger partial charge >= 0.3 is 7.12 Å². The Morgan fingerprint density at radius 2 is 1.77 bits per heavy atom. The highest BCUT2D eigenvalue weighted by molar-refractivity contribution is 6.63. The molecule has 0 atom stereocenters. The molecule has 0 aliphatic carbocycles. The molecule has 0 bridgehead atoms. The summed E-state index contributed by atoms with van der Waals surface area (Å²) in [6.45, 7) is 10.3. The molecular formula is C17H22BNO3. The number of fused-ring (bicyclic) bond motifs is 1. The number of H-pyrrole nitrogens is 1. The standard InChI is InChI=1S/C17H22BNO3/c1-6-11-9-13-12(7-8-19-15(13)20)10-14(11)18-21-16(2,3)17(4,5)22-18/h7-10H,6H2,1-5H3,(H,19,20). The number of pyridine rings is 1. The van der Waals surface area contributed by atoms with Crippen LogP contribution in [0.25, 0.3) is 10.8 Å². The van der Waals surface area contributed by atoms with E-state index in [4.69, 9.17) is 9.31 Å². The minimum Gasteiger partial charge on any atom is -0.399 e. The number of aromatic amines is 1. The fourth-order valence-electron chi connectivity index (χ4n) is 2.79. The number of rotatable bonds is 2. The Bertz CT molecular complexity index is 763. The highest BCUT2D eigenvalue weighted by atomic mass is 16.7. The molecule has 5 heteroatoms. The van der Waals surface area contributed by atoms with Crippen LogP contribution < -0.4 is 11.0 Å². The fourth-order valence-corrected chi connectivity index (χ4v) is 2.79. The molecule has 0 unspecified atom stereocenters. The van der Waals surface area contributed by atoms with Gasteiger partial charge in [0.15, 0.2) is 0 Å². The molecule has 1 aliphatic heterocycles. The smallest absolute Gasteiger partial charge is 0.399 e. The first-order chi connectivity index (χ1) is 10.2. The third kappa shape index (κ3) is 2.29. The molecule has 0 saturated carbocycles. The monoisotopic (exact) mass is 299 g/mol. The van der Waals surface area contributed by atoms with Crippen LogP contribution in [0.3, 0.4) is 0 Å². The van der Waals surface area contributed by atoms with Gasteiger partial charge in [0.1, 0.15) is 0 Å². The maximum Gasteiger partial charge on any atom is 0.495 e. The van der Waals surface area contributed by atoms with Crippen LogP contribution in [-0.4, -0.2) is 23.3 Å². The van der Waals surface area contributed by atoms with Gasteiger partial charge < -0.3 is 14.3 Å². The quantitative estimate of drug-likeness (QED) is 0.866. The van der Waals surface area contributed by atoms with Crippen molar-refractivity contribution in [2.45, 2.75) is 52.2 Å². The molecule has 2 aromatic rings. The Kier molecular flexibility index (Phi) is 3.46. The second kappa shape index (κ2) is 4.96. The summed E-state index contributed by atoms with van der Waals surface area (Å²) < 4.78 is 12.3. The predicted molar refractivity (Wildman–Crippen MR) is 89.7 cm³/mol. The van der Waals surface area contributed by atoms with Gasteiger partial charge in [0.05, 0.1) is 11.2 Å². The maximum atomic E-state index is 12.0. The summed E-state index contributed by atoms with van der Waals surface area (Å²) in [6.07, 6.45) is 2.49. The summed E-state index contributed by atoms with van der Waals surface area (Å²) >= 11 is 0. The molecule has 0 radical (unpaired) electrons.